The summed E-state index contributed by atoms with van der Waals surface area (Å²) >= 11 is 0. The Hall–Kier alpha value is -3.14. The number of rotatable bonds is 3. The van der Waals surface area contributed by atoms with Gasteiger partial charge in [0, 0.05) is 16.6 Å². The number of nitrogens with one attached hydrogen (secondary N) is 1. The summed E-state index contributed by atoms with van der Waals surface area (Å²) < 4.78 is 18.5. The van der Waals surface area contributed by atoms with Gasteiger partial charge in [-0.15, -0.1) is 0 Å². The van der Waals surface area contributed by atoms with Crippen LogP contribution in [0.2, 0.25) is 0 Å². The molecule has 3 aromatic carbocycles. The number of carbonyl (C=O) groups excluding carboxylic acids is 1. The Morgan fingerprint density at radius 1 is 1.00 bits per heavy atom. The molecular formula is C20H14FNO2. The summed E-state index contributed by atoms with van der Waals surface area (Å²) in [5.74, 6) is -0.502. The zero-order valence-electron chi connectivity index (χ0n) is 12.8. The number of anilines is 1. The highest BCUT2D eigenvalue weighted by Gasteiger charge is 2.13. The molecule has 0 unspecified atom stereocenters. The van der Waals surface area contributed by atoms with Crippen LogP contribution in [0.3, 0.4) is 0 Å². The summed E-state index contributed by atoms with van der Waals surface area (Å²) in [6, 6.07) is 17.6. The molecule has 1 heterocycles. The van der Waals surface area contributed by atoms with Crippen LogP contribution < -0.4 is 5.32 Å². The number of hydrogen-bond donors (Lipinski definition) is 1. The number of halogens is 1. The molecule has 3 nitrogen and oxygen atoms in total. The molecule has 118 valence electrons. The first-order chi connectivity index (χ1) is 11.7. The Kier molecular flexibility index (Phi) is 3.50. The lowest BCUT2D eigenvalue weighted by Gasteiger charge is -2.05. The normalized spacial score (nSPS) is 11.0. The molecule has 0 aliphatic rings. The third kappa shape index (κ3) is 2.63. The molecule has 1 aromatic heterocycles. The second-order valence-corrected chi connectivity index (χ2v) is 5.65. The SMILES string of the molecule is O=C(Cc1coc2ccc3ccccc3c12)Nc1ccc(F)cc1. The Labute approximate surface area is 137 Å². The molecule has 4 rings (SSSR count). The molecule has 4 heteroatoms. The van der Waals surface area contributed by atoms with Gasteiger partial charge < -0.3 is 9.73 Å². The number of amides is 1. The molecule has 4 aromatic rings. The summed E-state index contributed by atoms with van der Waals surface area (Å²) in [6.07, 6.45) is 1.82. The van der Waals surface area contributed by atoms with E-state index in [-0.39, 0.29) is 18.1 Å². The molecule has 0 fully saturated rings. The highest BCUT2D eigenvalue weighted by Crippen LogP contribution is 2.30. The van der Waals surface area contributed by atoms with Gasteiger partial charge in [-0.05, 0) is 41.1 Å². The lowest BCUT2D eigenvalue weighted by Crippen LogP contribution is -2.14. The minimum Gasteiger partial charge on any atom is -0.464 e. The number of furan rings is 1. The maximum Gasteiger partial charge on any atom is 0.228 e. The molecule has 0 bridgehead atoms. The molecule has 0 saturated carbocycles. The molecule has 0 saturated heterocycles. The molecule has 0 atom stereocenters. The summed E-state index contributed by atoms with van der Waals surface area (Å²) in [5, 5.41) is 5.90. The second-order valence-electron chi connectivity index (χ2n) is 5.65. The predicted molar refractivity (Wildman–Crippen MR) is 92.5 cm³/mol. The van der Waals surface area contributed by atoms with Gasteiger partial charge in [-0.2, -0.15) is 0 Å². The van der Waals surface area contributed by atoms with Gasteiger partial charge in [0.1, 0.15) is 11.4 Å². The Morgan fingerprint density at radius 3 is 2.62 bits per heavy atom. The van der Waals surface area contributed by atoms with Crippen molar-refractivity contribution in [3.63, 3.8) is 0 Å². The van der Waals surface area contributed by atoms with Gasteiger partial charge in [0.05, 0.1) is 12.7 Å². The lowest BCUT2D eigenvalue weighted by molar-refractivity contribution is -0.115. The molecule has 1 N–H and O–H groups in total. The van der Waals surface area contributed by atoms with Gasteiger partial charge >= 0.3 is 0 Å². The van der Waals surface area contributed by atoms with Gasteiger partial charge in [0.2, 0.25) is 5.91 Å². The van der Waals surface area contributed by atoms with Crippen molar-refractivity contribution in [1.29, 1.82) is 0 Å². The number of carbonyl (C=O) groups is 1. The second kappa shape index (κ2) is 5.81. The first-order valence-corrected chi connectivity index (χ1v) is 7.64. The first kappa shape index (κ1) is 14.5. The van der Waals surface area contributed by atoms with E-state index in [1.165, 1.54) is 24.3 Å². The van der Waals surface area contributed by atoms with Crippen molar-refractivity contribution >= 4 is 33.3 Å². The van der Waals surface area contributed by atoms with Gasteiger partial charge in [-0.25, -0.2) is 4.39 Å². The van der Waals surface area contributed by atoms with Gasteiger partial charge in [-0.1, -0.05) is 30.3 Å². The first-order valence-electron chi connectivity index (χ1n) is 7.64. The van der Waals surface area contributed by atoms with E-state index in [2.05, 4.69) is 5.32 Å². The zero-order chi connectivity index (χ0) is 16.5. The summed E-state index contributed by atoms with van der Waals surface area (Å²) in [7, 11) is 0. The van der Waals surface area contributed by atoms with E-state index in [1.54, 1.807) is 6.26 Å². The quantitative estimate of drug-likeness (QED) is 0.583. The largest absolute Gasteiger partial charge is 0.464 e. The van der Waals surface area contributed by atoms with Crippen LogP contribution in [0.1, 0.15) is 5.56 Å². The van der Waals surface area contributed by atoms with Crippen LogP contribution in [0.5, 0.6) is 0 Å². The van der Waals surface area contributed by atoms with E-state index >= 15 is 0 Å². The smallest absolute Gasteiger partial charge is 0.228 e. The Morgan fingerprint density at radius 2 is 1.79 bits per heavy atom. The van der Waals surface area contributed by atoms with Gasteiger partial charge in [-0.3, -0.25) is 4.79 Å². The summed E-state index contributed by atoms with van der Waals surface area (Å²) in [5.41, 5.74) is 2.17. The summed E-state index contributed by atoms with van der Waals surface area (Å²) in [6.45, 7) is 0. The lowest BCUT2D eigenvalue weighted by atomic mass is 10.0. The molecule has 1 amide bonds. The molecular weight excluding hydrogens is 305 g/mol. The molecule has 0 aliphatic carbocycles. The van der Waals surface area contributed by atoms with Crippen LogP contribution in [0, 0.1) is 5.82 Å². The maximum absolute atomic E-state index is 12.9. The number of benzene rings is 3. The molecule has 0 aliphatic heterocycles. The topological polar surface area (TPSA) is 42.2 Å². The van der Waals surface area contributed by atoms with Crippen molar-refractivity contribution < 1.29 is 13.6 Å². The van der Waals surface area contributed by atoms with Crippen LogP contribution in [0.4, 0.5) is 10.1 Å². The van der Waals surface area contributed by atoms with Crippen LogP contribution in [0.25, 0.3) is 21.7 Å². The van der Waals surface area contributed by atoms with Crippen molar-refractivity contribution in [3.8, 4) is 0 Å². The van der Waals surface area contributed by atoms with Crippen LogP contribution in [0.15, 0.2) is 71.3 Å². The average molecular weight is 319 g/mol. The predicted octanol–water partition coefficient (Wildman–Crippen LogP) is 4.91. The molecule has 24 heavy (non-hydrogen) atoms. The van der Waals surface area contributed by atoms with Crippen molar-refractivity contribution in [2.24, 2.45) is 0 Å². The fraction of sp³-hybridized carbons (Fsp3) is 0.0500. The standard InChI is InChI=1S/C20H14FNO2/c21-15-6-8-16(9-7-15)22-19(23)11-14-12-24-18-10-5-13-3-1-2-4-17(13)20(14)18/h1-10,12H,11H2,(H,22,23). The third-order valence-electron chi connectivity index (χ3n) is 4.02. The van der Waals surface area contributed by atoms with E-state index in [9.17, 15) is 9.18 Å². The number of fused-ring (bicyclic) bond motifs is 3. The fourth-order valence-corrected chi connectivity index (χ4v) is 2.92. The van der Waals surface area contributed by atoms with Crippen molar-refractivity contribution in [2.45, 2.75) is 6.42 Å². The fourth-order valence-electron chi connectivity index (χ4n) is 2.92. The third-order valence-corrected chi connectivity index (χ3v) is 4.02. The Bertz CT molecular complexity index is 1030. The Balaban J connectivity index is 1.65. The average Bonchev–Trinajstić information content (AvgIpc) is 3.00. The van der Waals surface area contributed by atoms with E-state index in [4.69, 9.17) is 4.42 Å². The zero-order valence-corrected chi connectivity index (χ0v) is 12.8. The maximum atomic E-state index is 12.9. The van der Waals surface area contributed by atoms with Crippen molar-refractivity contribution in [2.75, 3.05) is 5.32 Å². The highest BCUT2D eigenvalue weighted by molar-refractivity contribution is 6.09. The molecule has 0 radical (unpaired) electrons. The van der Waals surface area contributed by atoms with E-state index in [0.717, 1.165) is 27.3 Å². The van der Waals surface area contributed by atoms with Gasteiger partial charge in [0.25, 0.3) is 0 Å². The van der Waals surface area contributed by atoms with Crippen LogP contribution in [-0.4, -0.2) is 5.91 Å². The van der Waals surface area contributed by atoms with Crippen molar-refractivity contribution in [3.05, 3.63) is 78.3 Å². The van der Waals surface area contributed by atoms with Crippen molar-refractivity contribution in [1.82, 2.24) is 0 Å². The number of hydrogen-bond acceptors (Lipinski definition) is 2. The minimum absolute atomic E-state index is 0.169. The van der Waals surface area contributed by atoms with E-state index in [0.29, 0.717) is 5.69 Å². The van der Waals surface area contributed by atoms with Crippen LogP contribution >= 0.6 is 0 Å². The monoisotopic (exact) mass is 319 g/mol. The van der Waals surface area contributed by atoms with Gasteiger partial charge in [0.15, 0.2) is 0 Å². The summed E-state index contributed by atoms with van der Waals surface area (Å²) in [4.78, 5) is 12.3. The van der Waals surface area contributed by atoms with Crippen LogP contribution in [-0.2, 0) is 11.2 Å². The highest BCUT2D eigenvalue weighted by atomic mass is 19.1. The van der Waals surface area contributed by atoms with E-state index < -0.39 is 0 Å². The minimum atomic E-state index is -0.333. The van der Waals surface area contributed by atoms with E-state index in [1.807, 2.05) is 36.4 Å². The molecule has 0 spiro atoms.